The van der Waals surface area contributed by atoms with Gasteiger partial charge in [-0.3, -0.25) is 0 Å². The number of aromatic nitrogens is 3. The maximum atomic E-state index is 4.97. The van der Waals surface area contributed by atoms with Crippen LogP contribution in [0.5, 0.6) is 0 Å². The summed E-state index contributed by atoms with van der Waals surface area (Å²) in [6.07, 6.45) is 5.11. The maximum Gasteiger partial charge on any atom is 0.194 e. The molecule has 30 heavy (non-hydrogen) atoms. The van der Waals surface area contributed by atoms with Crippen LogP contribution >= 0.6 is 0 Å². The van der Waals surface area contributed by atoms with Gasteiger partial charge in [-0.15, -0.1) is 10.2 Å². The van der Waals surface area contributed by atoms with Gasteiger partial charge in [0.05, 0.1) is 0 Å². The van der Waals surface area contributed by atoms with Crippen LogP contribution in [0, 0.1) is 20.8 Å². The van der Waals surface area contributed by atoms with Gasteiger partial charge >= 0.3 is 0 Å². The molecule has 2 aromatic rings. The van der Waals surface area contributed by atoms with E-state index in [0.717, 1.165) is 43.8 Å². The first-order valence-electron chi connectivity index (χ1n) is 11.2. The highest BCUT2D eigenvalue weighted by Gasteiger charge is 2.24. The lowest BCUT2D eigenvalue weighted by molar-refractivity contribution is 0.365. The Bertz CT molecular complexity index is 887. The van der Waals surface area contributed by atoms with Crippen LogP contribution in [0.3, 0.4) is 0 Å². The van der Waals surface area contributed by atoms with E-state index in [-0.39, 0.29) is 0 Å². The van der Waals surface area contributed by atoms with Crippen LogP contribution in [-0.4, -0.2) is 57.8 Å². The summed E-state index contributed by atoms with van der Waals surface area (Å²) in [7, 11) is 2.01. The molecule has 1 aromatic heterocycles. The van der Waals surface area contributed by atoms with Crippen molar-refractivity contribution >= 4 is 11.6 Å². The predicted octanol–water partition coefficient (Wildman–Crippen LogP) is 2.95. The highest BCUT2D eigenvalue weighted by molar-refractivity contribution is 5.80. The zero-order valence-corrected chi connectivity index (χ0v) is 18.9. The molecule has 1 saturated heterocycles. The SMILES string of the molecule is Cc1cccc(N2CCN(C(=NCc3nnc(C)n3C)NC3CCCC3)CC2)c1C. The van der Waals surface area contributed by atoms with Crippen LogP contribution in [-0.2, 0) is 13.6 Å². The number of aryl methyl sites for hydroxylation is 2. The minimum Gasteiger partial charge on any atom is -0.368 e. The number of hydrogen-bond donors (Lipinski definition) is 1. The number of nitrogens with one attached hydrogen (secondary N) is 1. The van der Waals surface area contributed by atoms with Crippen LogP contribution in [0.1, 0.15) is 48.5 Å². The molecule has 0 amide bonds. The highest BCUT2D eigenvalue weighted by Crippen LogP contribution is 2.24. The fourth-order valence-corrected chi connectivity index (χ4v) is 4.46. The number of aliphatic imine (C=N–C) groups is 1. The van der Waals surface area contributed by atoms with Crippen molar-refractivity contribution in [3.8, 4) is 0 Å². The largest absolute Gasteiger partial charge is 0.368 e. The zero-order valence-electron chi connectivity index (χ0n) is 18.9. The lowest BCUT2D eigenvalue weighted by Gasteiger charge is -2.39. The lowest BCUT2D eigenvalue weighted by Crippen LogP contribution is -2.54. The Balaban J connectivity index is 1.46. The molecular formula is C23H35N7. The fourth-order valence-electron chi connectivity index (χ4n) is 4.46. The van der Waals surface area contributed by atoms with Crippen molar-refractivity contribution in [2.75, 3.05) is 31.1 Å². The molecular weight excluding hydrogens is 374 g/mol. The van der Waals surface area contributed by atoms with Gasteiger partial charge in [0.25, 0.3) is 0 Å². The molecule has 0 spiro atoms. The molecule has 7 heteroatoms. The van der Waals surface area contributed by atoms with E-state index in [1.54, 1.807) is 0 Å². The van der Waals surface area contributed by atoms with Crippen LogP contribution in [0.25, 0.3) is 0 Å². The molecule has 1 aromatic carbocycles. The molecule has 162 valence electrons. The average Bonchev–Trinajstić information content (AvgIpc) is 3.38. The smallest absolute Gasteiger partial charge is 0.194 e. The molecule has 1 aliphatic carbocycles. The summed E-state index contributed by atoms with van der Waals surface area (Å²) in [6, 6.07) is 7.16. The lowest BCUT2D eigenvalue weighted by atomic mass is 10.1. The number of guanidine groups is 1. The minimum atomic E-state index is 0.544. The van der Waals surface area contributed by atoms with Crippen molar-refractivity contribution in [1.82, 2.24) is 25.0 Å². The summed E-state index contributed by atoms with van der Waals surface area (Å²) in [5.41, 5.74) is 4.12. The predicted molar refractivity (Wildman–Crippen MR) is 122 cm³/mol. The summed E-state index contributed by atoms with van der Waals surface area (Å²) in [5.74, 6) is 2.86. The maximum absolute atomic E-state index is 4.97. The Kier molecular flexibility index (Phi) is 6.25. The molecule has 2 aliphatic rings. The van der Waals surface area contributed by atoms with Crippen LogP contribution in [0.15, 0.2) is 23.2 Å². The van der Waals surface area contributed by atoms with Crippen LogP contribution < -0.4 is 10.2 Å². The number of benzene rings is 1. The number of hydrogen-bond acceptors (Lipinski definition) is 4. The Hall–Kier alpha value is -2.57. The molecule has 0 atom stereocenters. The average molecular weight is 410 g/mol. The van der Waals surface area contributed by atoms with Crippen molar-refractivity contribution in [1.29, 1.82) is 0 Å². The number of piperazine rings is 1. The van der Waals surface area contributed by atoms with E-state index < -0.39 is 0 Å². The second-order valence-electron chi connectivity index (χ2n) is 8.68. The second-order valence-corrected chi connectivity index (χ2v) is 8.68. The minimum absolute atomic E-state index is 0.544. The first kappa shape index (κ1) is 20.7. The quantitative estimate of drug-likeness (QED) is 0.621. The third-order valence-electron chi connectivity index (χ3n) is 6.74. The number of nitrogens with zero attached hydrogens (tertiary/aromatic N) is 6. The van der Waals surface area contributed by atoms with Crippen LogP contribution in [0.4, 0.5) is 5.69 Å². The zero-order chi connectivity index (χ0) is 21.1. The molecule has 0 bridgehead atoms. The molecule has 1 saturated carbocycles. The standard InChI is InChI=1S/C23H35N7/c1-17-8-7-11-21(18(17)2)29-12-14-30(15-13-29)23(25-20-9-5-6-10-20)24-16-22-27-26-19(3)28(22)4/h7-8,11,20H,5-6,9-10,12-16H2,1-4H3,(H,24,25). The fraction of sp³-hybridized carbons (Fsp3) is 0.609. The molecule has 1 N–H and O–H groups in total. The van der Waals surface area contributed by atoms with Gasteiger partial charge in [-0.2, -0.15) is 0 Å². The second kappa shape index (κ2) is 9.06. The highest BCUT2D eigenvalue weighted by atomic mass is 15.4. The molecule has 4 rings (SSSR count). The molecule has 2 heterocycles. The Morgan fingerprint density at radius 3 is 2.47 bits per heavy atom. The van der Waals surface area contributed by atoms with Gasteiger partial charge in [0.2, 0.25) is 0 Å². The van der Waals surface area contributed by atoms with Crippen molar-refractivity contribution < 1.29 is 0 Å². The molecule has 1 aliphatic heterocycles. The first-order valence-corrected chi connectivity index (χ1v) is 11.2. The molecule has 0 radical (unpaired) electrons. The Morgan fingerprint density at radius 1 is 1.07 bits per heavy atom. The van der Waals surface area contributed by atoms with E-state index in [0.29, 0.717) is 12.6 Å². The summed E-state index contributed by atoms with van der Waals surface area (Å²) in [6.45, 7) is 10.9. The topological polar surface area (TPSA) is 61.6 Å². The number of rotatable bonds is 4. The van der Waals surface area contributed by atoms with Gasteiger partial charge in [-0.05, 0) is 50.8 Å². The summed E-state index contributed by atoms with van der Waals surface area (Å²) >= 11 is 0. The van der Waals surface area contributed by atoms with Crippen molar-refractivity contribution in [3.05, 3.63) is 41.0 Å². The van der Waals surface area contributed by atoms with Gasteiger partial charge in [0.1, 0.15) is 12.4 Å². The van der Waals surface area contributed by atoms with E-state index in [9.17, 15) is 0 Å². The van der Waals surface area contributed by atoms with E-state index in [1.807, 2.05) is 18.5 Å². The van der Waals surface area contributed by atoms with Gasteiger partial charge in [-0.1, -0.05) is 25.0 Å². The van der Waals surface area contributed by atoms with Gasteiger partial charge < -0.3 is 19.7 Å². The summed E-state index contributed by atoms with van der Waals surface area (Å²) < 4.78 is 2.02. The number of anilines is 1. The van der Waals surface area contributed by atoms with Gasteiger partial charge in [0.15, 0.2) is 11.8 Å². The van der Waals surface area contributed by atoms with Crippen LogP contribution in [0.2, 0.25) is 0 Å². The van der Waals surface area contributed by atoms with Gasteiger partial charge in [-0.25, -0.2) is 4.99 Å². The van der Waals surface area contributed by atoms with Crippen molar-refractivity contribution in [2.45, 2.75) is 59.0 Å². The van der Waals surface area contributed by atoms with Crippen molar-refractivity contribution in [2.24, 2.45) is 12.0 Å². The molecule has 0 unspecified atom stereocenters. The monoisotopic (exact) mass is 409 g/mol. The first-order chi connectivity index (χ1) is 14.5. The summed E-state index contributed by atoms with van der Waals surface area (Å²) in [4.78, 5) is 9.91. The third kappa shape index (κ3) is 4.45. The van der Waals surface area contributed by atoms with Crippen molar-refractivity contribution in [3.63, 3.8) is 0 Å². The van der Waals surface area contributed by atoms with E-state index in [2.05, 4.69) is 57.4 Å². The Morgan fingerprint density at radius 2 is 1.80 bits per heavy atom. The normalized spacial score (nSPS) is 18.3. The molecule has 2 fully saturated rings. The van der Waals surface area contributed by atoms with E-state index in [4.69, 9.17) is 4.99 Å². The Labute approximate surface area is 180 Å². The molecule has 7 nitrogen and oxygen atoms in total. The third-order valence-corrected chi connectivity index (χ3v) is 6.74. The van der Waals surface area contributed by atoms with E-state index in [1.165, 1.54) is 42.5 Å². The van der Waals surface area contributed by atoms with Gasteiger partial charge in [0, 0.05) is 45.0 Å². The summed E-state index contributed by atoms with van der Waals surface area (Å²) in [5, 5.41) is 12.2. The van der Waals surface area contributed by atoms with E-state index >= 15 is 0 Å².